The van der Waals surface area contributed by atoms with Crippen LogP contribution >= 0.6 is 11.6 Å². The molecule has 3 aromatic rings. The number of aromatic nitrogens is 2. The highest BCUT2D eigenvalue weighted by Crippen LogP contribution is 2.25. The Bertz CT molecular complexity index is 994. The smallest absolute Gasteiger partial charge is 0.246 e. The molecular formula is C23H25ClN4O2. The number of amides is 1. The summed E-state index contributed by atoms with van der Waals surface area (Å²) >= 11 is 6.17. The molecule has 6 nitrogen and oxygen atoms in total. The van der Waals surface area contributed by atoms with Crippen LogP contribution in [0.5, 0.6) is 0 Å². The van der Waals surface area contributed by atoms with Gasteiger partial charge in [0.15, 0.2) is 0 Å². The minimum atomic E-state index is 0.0187. The van der Waals surface area contributed by atoms with Crippen LogP contribution in [0, 0.1) is 12.8 Å². The quantitative estimate of drug-likeness (QED) is 0.641. The molecule has 2 heterocycles. The molecule has 30 heavy (non-hydrogen) atoms. The highest BCUT2D eigenvalue weighted by atomic mass is 35.5. The minimum absolute atomic E-state index is 0.0187. The van der Waals surface area contributed by atoms with Gasteiger partial charge in [0, 0.05) is 18.0 Å². The van der Waals surface area contributed by atoms with Gasteiger partial charge in [-0.15, -0.1) is 0 Å². The summed E-state index contributed by atoms with van der Waals surface area (Å²) < 4.78 is 5.26. The number of nitrogens with one attached hydrogen (secondary N) is 1. The molecule has 2 aromatic carbocycles. The van der Waals surface area contributed by atoms with Crippen molar-refractivity contribution in [2.45, 2.75) is 32.9 Å². The first-order chi connectivity index (χ1) is 14.6. The summed E-state index contributed by atoms with van der Waals surface area (Å²) in [5.41, 5.74) is 3.30. The molecule has 0 radical (unpaired) electrons. The van der Waals surface area contributed by atoms with Crippen LogP contribution in [-0.2, 0) is 17.9 Å². The third-order valence-electron chi connectivity index (χ3n) is 5.48. The molecule has 0 bridgehead atoms. The van der Waals surface area contributed by atoms with E-state index in [0.29, 0.717) is 22.3 Å². The number of likely N-dealkylation sites (tertiary alicyclic amines) is 1. The van der Waals surface area contributed by atoms with Crippen LogP contribution in [0.4, 0.5) is 0 Å². The standard InChI is InChI=1S/C23H25ClN4O2/c1-16-6-8-17(9-7-16)15-28-12-10-18(11-13-28)23(29)25-14-21-26-22(27-30-21)19-4-2-3-5-20(19)24/h2-9,18H,10-15H2,1H3,(H,25,29). The lowest BCUT2D eigenvalue weighted by atomic mass is 9.95. The largest absolute Gasteiger partial charge is 0.347 e. The Morgan fingerprint density at radius 3 is 2.63 bits per heavy atom. The van der Waals surface area contributed by atoms with E-state index in [-0.39, 0.29) is 18.4 Å². The molecule has 7 heteroatoms. The van der Waals surface area contributed by atoms with Gasteiger partial charge in [0.1, 0.15) is 0 Å². The molecule has 156 valence electrons. The van der Waals surface area contributed by atoms with Crippen molar-refractivity contribution in [3.63, 3.8) is 0 Å². The van der Waals surface area contributed by atoms with Gasteiger partial charge in [0.25, 0.3) is 0 Å². The van der Waals surface area contributed by atoms with Gasteiger partial charge < -0.3 is 9.84 Å². The molecule has 4 rings (SSSR count). The lowest BCUT2D eigenvalue weighted by molar-refractivity contribution is -0.126. The average molecular weight is 425 g/mol. The van der Waals surface area contributed by atoms with Crippen molar-refractivity contribution in [1.29, 1.82) is 0 Å². The van der Waals surface area contributed by atoms with Crippen LogP contribution in [0.2, 0.25) is 5.02 Å². The van der Waals surface area contributed by atoms with Crippen molar-refractivity contribution in [1.82, 2.24) is 20.4 Å². The van der Waals surface area contributed by atoms with Gasteiger partial charge in [-0.3, -0.25) is 9.69 Å². The van der Waals surface area contributed by atoms with Gasteiger partial charge in [-0.1, -0.05) is 58.7 Å². The Morgan fingerprint density at radius 2 is 1.90 bits per heavy atom. The Kier molecular flexibility index (Phi) is 6.45. The number of aryl methyl sites for hydroxylation is 1. The second kappa shape index (κ2) is 9.41. The van der Waals surface area contributed by atoms with E-state index >= 15 is 0 Å². The number of hydrogen-bond donors (Lipinski definition) is 1. The number of benzene rings is 2. The zero-order chi connectivity index (χ0) is 20.9. The summed E-state index contributed by atoms with van der Waals surface area (Å²) in [4.78, 5) is 19.3. The molecule has 0 aliphatic carbocycles. The predicted octanol–water partition coefficient (Wildman–Crippen LogP) is 4.23. The summed E-state index contributed by atoms with van der Waals surface area (Å²) in [6.07, 6.45) is 1.71. The summed E-state index contributed by atoms with van der Waals surface area (Å²) in [7, 11) is 0. The second-order valence-corrected chi connectivity index (χ2v) is 8.15. The maximum atomic E-state index is 12.6. The number of carbonyl (C=O) groups is 1. The fourth-order valence-corrected chi connectivity index (χ4v) is 3.91. The summed E-state index contributed by atoms with van der Waals surface area (Å²) in [6.45, 7) is 5.09. The zero-order valence-electron chi connectivity index (χ0n) is 17.0. The second-order valence-electron chi connectivity index (χ2n) is 7.75. The Labute approximate surface area is 181 Å². The van der Waals surface area contributed by atoms with Gasteiger partial charge >= 0.3 is 0 Å². The molecule has 0 spiro atoms. The lowest BCUT2D eigenvalue weighted by Crippen LogP contribution is -2.40. The molecule has 1 aromatic heterocycles. The number of halogens is 1. The van der Waals surface area contributed by atoms with E-state index in [1.165, 1.54) is 11.1 Å². The number of nitrogens with zero attached hydrogens (tertiary/aromatic N) is 3. The van der Waals surface area contributed by atoms with Crippen molar-refractivity contribution in [2.24, 2.45) is 5.92 Å². The monoisotopic (exact) mass is 424 g/mol. The zero-order valence-corrected chi connectivity index (χ0v) is 17.7. The van der Waals surface area contributed by atoms with Gasteiger partial charge in [-0.2, -0.15) is 4.98 Å². The van der Waals surface area contributed by atoms with Crippen LogP contribution in [0.15, 0.2) is 53.1 Å². The third-order valence-corrected chi connectivity index (χ3v) is 5.81. The Morgan fingerprint density at radius 1 is 1.17 bits per heavy atom. The fourth-order valence-electron chi connectivity index (χ4n) is 3.69. The molecular weight excluding hydrogens is 400 g/mol. The topological polar surface area (TPSA) is 71.3 Å². The summed E-state index contributed by atoms with van der Waals surface area (Å²) in [5, 5.41) is 7.46. The van der Waals surface area contributed by atoms with E-state index in [0.717, 1.165) is 32.5 Å². The van der Waals surface area contributed by atoms with Gasteiger partial charge in [-0.25, -0.2) is 0 Å². The van der Waals surface area contributed by atoms with E-state index in [1.54, 1.807) is 6.07 Å². The van der Waals surface area contributed by atoms with E-state index in [9.17, 15) is 4.79 Å². The lowest BCUT2D eigenvalue weighted by Gasteiger charge is -2.31. The summed E-state index contributed by atoms with van der Waals surface area (Å²) in [5.74, 6) is 0.858. The highest BCUT2D eigenvalue weighted by Gasteiger charge is 2.25. The van der Waals surface area contributed by atoms with Crippen LogP contribution in [0.1, 0.15) is 29.9 Å². The van der Waals surface area contributed by atoms with E-state index < -0.39 is 0 Å². The highest BCUT2D eigenvalue weighted by molar-refractivity contribution is 6.33. The first kappa shape index (κ1) is 20.6. The molecule has 1 N–H and O–H groups in total. The van der Waals surface area contributed by atoms with E-state index in [1.807, 2.05) is 18.2 Å². The normalized spacial score (nSPS) is 15.3. The van der Waals surface area contributed by atoms with Crippen molar-refractivity contribution < 1.29 is 9.32 Å². The maximum absolute atomic E-state index is 12.6. The number of carbonyl (C=O) groups excluding carboxylic acids is 1. The molecule has 1 amide bonds. The molecule has 1 saturated heterocycles. The molecule has 1 aliphatic heterocycles. The van der Waals surface area contributed by atoms with Crippen molar-refractivity contribution in [3.8, 4) is 11.4 Å². The number of hydrogen-bond acceptors (Lipinski definition) is 5. The molecule has 1 fully saturated rings. The van der Waals surface area contributed by atoms with Gasteiger partial charge in [0.2, 0.25) is 17.6 Å². The van der Waals surface area contributed by atoms with E-state index in [4.69, 9.17) is 16.1 Å². The van der Waals surface area contributed by atoms with E-state index in [2.05, 4.69) is 51.5 Å². The summed E-state index contributed by atoms with van der Waals surface area (Å²) in [6, 6.07) is 16.0. The number of piperidine rings is 1. The first-order valence-electron chi connectivity index (χ1n) is 10.2. The van der Waals surface area contributed by atoms with Crippen LogP contribution < -0.4 is 5.32 Å². The molecule has 0 saturated carbocycles. The van der Waals surface area contributed by atoms with Crippen molar-refractivity contribution in [2.75, 3.05) is 13.1 Å². The van der Waals surface area contributed by atoms with Crippen LogP contribution in [0.25, 0.3) is 11.4 Å². The van der Waals surface area contributed by atoms with Crippen LogP contribution in [0.3, 0.4) is 0 Å². The first-order valence-corrected chi connectivity index (χ1v) is 10.6. The fraction of sp³-hybridized carbons (Fsp3) is 0.348. The van der Waals surface area contributed by atoms with Gasteiger partial charge in [-0.05, 0) is 50.6 Å². The predicted molar refractivity (Wildman–Crippen MR) is 116 cm³/mol. The number of rotatable bonds is 6. The molecule has 1 aliphatic rings. The molecule has 0 unspecified atom stereocenters. The SMILES string of the molecule is Cc1ccc(CN2CCC(C(=O)NCc3nc(-c4ccccc4Cl)no3)CC2)cc1. The Balaban J connectivity index is 1.24. The Hall–Kier alpha value is -2.70. The minimum Gasteiger partial charge on any atom is -0.347 e. The van der Waals surface area contributed by atoms with Gasteiger partial charge in [0.05, 0.1) is 11.6 Å². The maximum Gasteiger partial charge on any atom is 0.246 e. The van der Waals surface area contributed by atoms with Crippen molar-refractivity contribution in [3.05, 3.63) is 70.6 Å². The van der Waals surface area contributed by atoms with Crippen LogP contribution in [-0.4, -0.2) is 34.0 Å². The third kappa shape index (κ3) is 5.07. The molecule has 0 atom stereocenters. The average Bonchev–Trinajstić information content (AvgIpc) is 3.23. The van der Waals surface area contributed by atoms with Crippen molar-refractivity contribution >= 4 is 17.5 Å².